The fraction of sp³-hybridized carbons (Fsp3) is 0.417. The number of hydrogen-bond acceptors (Lipinski definition) is 4. The quantitative estimate of drug-likeness (QED) is 0.800. The average Bonchev–Trinajstić information content (AvgIpc) is 2.74. The number of hydrogen-bond donors (Lipinski definition) is 2. The molecule has 0 fully saturated rings. The molecule has 1 aliphatic rings. The van der Waals surface area contributed by atoms with Crippen LogP contribution in [0.2, 0.25) is 0 Å². The fourth-order valence-corrected chi connectivity index (χ4v) is 1.92. The van der Waals surface area contributed by atoms with Crippen molar-refractivity contribution < 1.29 is 19.4 Å². The van der Waals surface area contributed by atoms with Gasteiger partial charge < -0.3 is 20.3 Å². The van der Waals surface area contributed by atoms with E-state index in [4.69, 9.17) is 20.3 Å². The van der Waals surface area contributed by atoms with Gasteiger partial charge in [0.25, 0.3) is 0 Å². The SMILES string of the molecule is COc1cc2c(cc1CC(N)C(=O)O)OCC2. The van der Waals surface area contributed by atoms with Crippen LogP contribution in [-0.4, -0.2) is 30.8 Å². The molecule has 0 bridgehead atoms. The lowest BCUT2D eigenvalue weighted by atomic mass is 10.0. The van der Waals surface area contributed by atoms with Crippen LogP contribution in [0.25, 0.3) is 0 Å². The standard InChI is InChI=1S/C12H15NO4/c1-16-10-5-7-2-3-17-11(7)6-8(10)4-9(13)12(14)15/h5-6,9H,2-4,13H2,1H3,(H,14,15). The van der Waals surface area contributed by atoms with Crippen molar-refractivity contribution in [2.75, 3.05) is 13.7 Å². The zero-order valence-corrected chi connectivity index (χ0v) is 9.60. The van der Waals surface area contributed by atoms with E-state index in [0.29, 0.717) is 12.4 Å². The molecule has 0 saturated carbocycles. The number of carbonyl (C=O) groups is 1. The molecular weight excluding hydrogens is 222 g/mol. The summed E-state index contributed by atoms with van der Waals surface area (Å²) in [6, 6.07) is 2.79. The Balaban J connectivity index is 2.29. The van der Waals surface area contributed by atoms with Crippen LogP contribution >= 0.6 is 0 Å². The van der Waals surface area contributed by atoms with Crippen molar-refractivity contribution in [3.8, 4) is 11.5 Å². The van der Waals surface area contributed by atoms with Gasteiger partial charge in [0, 0.05) is 18.4 Å². The van der Waals surface area contributed by atoms with E-state index in [1.807, 2.05) is 12.1 Å². The van der Waals surface area contributed by atoms with E-state index in [1.54, 1.807) is 7.11 Å². The van der Waals surface area contributed by atoms with Crippen molar-refractivity contribution in [3.05, 3.63) is 23.3 Å². The Morgan fingerprint density at radius 2 is 2.41 bits per heavy atom. The van der Waals surface area contributed by atoms with Gasteiger partial charge in [-0.25, -0.2) is 0 Å². The summed E-state index contributed by atoms with van der Waals surface area (Å²) < 4.78 is 10.7. The summed E-state index contributed by atoms with van der Waals surface area (Å²) >= 11 is 0. The minimum Gasteiger partial charge on any atom is -0.496 e. The number of aliphatic carboxylic acids is 1. The molecule has 5 heteroatoms. The van der Waals surface area contributed by atoms with E-state index in [9.17, 15) is 4.79 Å². The molecule has 0 spiro atoms. The molecule has 1 unspecified atom stereocenters. The Kier molecular flexibility index (Phi) is 3.19. The second-order valence-corrected chi connectivity index (χ2v) is 4.02. The second-order valence-electron chi connectivity index (χ2n) is 4.02. The van der Waals surface area contributed by atoms with Gasteiger partial charge in [-0.3, -0.25) is 4.79 Å². The van der Waals surface area contributed by atoms with Gasteiger partial charge in [0.2, 0.25) is 0 Å². The van der Waals surface area contributed by atoms with Crippen molar-refractivity contribution >= 4 is 5.97 Å². The van der Waals surface area contributed by atoms with E-state index in [0.717, 1.165) is 23.3 Å². The molecule has 17 heavy (non-hydrogen) atoms. The maximum atomic E-state index is 10.7. The van der Waals surface area contributed by atoms with Gasteiger partial charge in [-0.05, 0) is 17.7 Å². The first-order valence-electron chi connectivity index (χ1n) is 5.42. The molecule has 92 valence electrons. The summed E-state index contributed by atoms with van der Waals surface area (Å²) in [4.78, 5) is 10.7. The minimum absolute atomic E-state index is 0.231. The summed E-state index contributed by atoms with van der Waals surface area (Å²) in [5.74, 6) is 0.456. The summed E-state index contributed by atoms with van der Waals surface area (Å²) in [5.41, 5.74) is 7.38. The lowest BCUT2D eigenvalue weighted by Crippen LogP contribution is -2.32. The van der Waals surface area contributed by atoms with Gasteiger partial charge in [-0.2, -0.15) is 0 Å². The van der Waals surface area contributed by atoms with E-state index < -0.39 is 12.0 Å². The molecule has 0 amide bonds. The minimum atomic E-state index is -1.02. The average molecular weight is 237 g/mol. The Hall–Kier alpha value is -1.75. The Bertz CT molecular complexity index is 444. The number of fused-ring (bicyclic) bond motifs is 1. The number of methoxy groups -OCH3 is 1. The summed E-state index contributed by atoms with van der Waals surface area (Å²) in [6.07, 6.45) is 1.09. The first-order chi connectivity index (χ1) is 8.11. The van der Waals surface area contributed by atoms with Crippen molar-refractivity contribution in [1.29, 1.82) is 0 Å². The molecule has 1 aromatic rings. The van der Waals surface area contributed by atoms with Crippen molar-refractivity contribution in [2.45, 2.75) is 18.9 Å². The molecule has 1 heterocycles. The Labute approximate surface area is 99.1 Å². The maximum absolute atomic E-state index is 10.7. The Morgan fingerprint density at radius 3 is 3.06 bits per heavy atom. The number of benzene rings is 1. The van der Waals surface area contributed by atoms with Crippen molar-refractivity contribution in [1.82, 2.24) is 0 Å². The molecule has 3 N–H and O–H groups in total. The van der Waals surface area contributed by atoms with Gasteiger partial charge in [0.15, 0.2) is 0 Å². The first kappa shape index (κ1) is 11.7. The molecule has 0 radical (unpaired) electrons. The molecule has 0 aromatic heterocycles. The number of ether oxygens (including phenoxy) is 2. The molecule has 2 rings (SSSR count). The van der Waals surface area contributed by atoms with Crippen molar-refractivity contribution in [2.24, 2.45) is 5.73 Å². The molecule has 5 nitrogen and oxygen atoms in total. The molecule has 1 aromatic carbocycles. The van der Waals surface area contributed by atoms with Gasteiger partial charge in [0.1, 0.15) is 17.5 Å². The monoisotopic (exact) mass is 237 g/mol. The van der Waals surface area contributed by atoms with Crippen LogP contribution in [-0.2, 0) is 17.6 Å². The number of rotatable bonds is 4. The zero-order chi connectivity index (χ0) is 12.4. The van der Waals surface area contributed by atoms with Crippen LogP contribution in [0.3, 0.4) is 0 Å². The molecule has 1 atom stereocenters. The summed E-state index contributed by atoms with van der Waals surface area (Å²) in [6.45, 7) is 0.660. The first-order valence-corrected chi connectivity index (χ1v) is 5.42. The summed E-state index contributed by atoms with van der Waals surface area (Å²) in [7, 11) is 1.56. The normalized spacial score (nSPS) is 14.9. The fourth-order valence-electron chi connectivity index (χ4n) is 1.92. The van der Waals surface area contributed by atoms with Crippen LogP contribution in [0.5, 0.6) is 11.5 Å². The Morgan fingerprint density at radius 1 is 1.65 bits per heavy atom. The van der Waals surface area contributed by atoms with Crippen LogP contribution in [0, 0.1) is 0 Å². The van der Waals surface area contributed by atoms with Gasteiger partial charge >= 0.3 is 5.97 Å². The van der Waals surface area contributed by atoms with Gasteiger partial charge in [-0.1, -0.05) is 0 Å². The smallest absolute Gasteiger partial charge is 0.320 e. The third-order valence-electron chi connectivity index (χ3n) is 2.85. The predicted octanol–water partition coefficient (Wildman–Crippen LogP) is 0.584. The van der Waals surface area contributed by atoms with Crippen LogP contribution in [0.15, 0.2) is 12.1 Å². The van der Waals surface area contributed by atoms with E-state index in [2.05, 4.69) is 0 Å². The number of nitrogens with two attached hydrogens (primary N) is 1. The van der Waals surface area contributed by atoms with Crippen LogP contribution in [0.4, 0.5) is 0 Å². The lowest BCUT2D eigenvalue weighted by molar-refractivity contribution is -0.138. The number of carboxylic acids is 1. The zero-order valence-electron chi connectivity index (χ0n) is 9.60. The van der Waals surface area contributed by atoms with Gasteiger partial charge in [-0.15, -0.1) is 0 Å². The highest BCUT2D eigenvalue weighted by Gasteiger charge is 2.20. The molecule has 0 saturated heterocycles. The number of carboxylic acid groups (broad SMARTS) is 1. The lowest BCUT2D eigenvalue weighted by Gasteiger charge is -2.12. The van der Waals surface area contributed by atoms with Gasteiger partial charge in [0.05, 0.1) is 13.7 Å². The topological polar surface area (TPSA) is 81.8 Å². The van der Waals surface area contributed by atoms with E-state index >= 15 is 0 Å². The second kappa shape index (κ2) is 4.63. The maximum Gasteiger partial charge on any atom is 0.320 e. The van der Waals surface area contributed by atoms with Crippen LogP contribution < -0.4 is 15.2 Å². The van der Waals surface area contributed by atoms with Crippen LogP contribution in [0.1, 0.15) is 11.1 Å². The summed E-state index contributed by atoms with van der Waals surface area (Å²) in [5, 5.41) is 8.80. The highest BCUT2D eigenvalue weighted by atomic mass is 16.5. The molecule has 0 aliphatic carbocycles. The molecular formula is C12H15NO4. The third kappa shape index (κ3) is 2.34. The van der Waals surface area contributed by atoms with Crippen molar-refractivity contribution in [3.63, 3.8) is 0 Å². The third-order valence-corrected chi connectivity index (χ3v) is 2.85. The largest absolute Gasteiger partial charge is 0.496 e. The molecule has 1 aliphatic heterocycles. The van der Waals surface area contributed by atoms with E-state index in [1.165, 1.54) is 0 Å². The highest BCUT2D eigenvalue weighted by molar-refractivity contribution is 5.73. The van der Waals surface area contributed by atoms with E-state index in [-0.39, 0.29) is 6.42 Å². The highest BCUT2D eigenvalue weighted by Crippen LogP contribution is 2.33. The predicted molar refractivity (Wildman–Crippen MR) is 61.5 cm³/mol.